The molecule has 0 heterocycles. The van der Waals surface area contributed by atoms with Crippen molar-refractivity contribution in [1.82, 2.24) is 0 Å². The van der Waals surface area contributed by atoms with Crippen molar-refractivity contribution in [3.05, 3.63) is 144 Å². The molecule has 4 aromatic rings. The van der Waals surface area contributed by atoms with Crippen LogP contribution < -0.4 is 0 Å². The number of ketones is 1. The molecular weight excluding hydrogens is 352 g/mol. The molecule has 0 unspecified atom stereocenters. The summed E-state index contributed by atoms with van der Waals surface area (Å²) in [5.74, 6) is 6.39. The van der Waals surface area contributed by atoms with Gasteiger partial charge in [-0.15, -0.1) is 0 Å². The summed E-state index contributed by atoms with van der Waals surface area (Å²) in [4.78, 5) is 11.8. The molecule has 0 amide bonds. The second kappa shape index (κ2) is 11.1. The van der Waals surface area contributed by atoms with E-state index < -0.39 is 0 Å². The van der Waals surface area contributed by atoms with Crippen LogP contribution in [-0.4, -0.2) is 5.78 Å². The Bertz CT molecular complexity index is 1010. The number of carbonyl (C=O) groups excluding carboxylic acids is 1. The molecule has 0 spiro atoms. The Morgan fingerprint density at radius 2 is 0.897 bits per heavy atom. The van der Waals surface area contributed by atoms with Gasteiger partial charge in [0.2, 0.25) is 0 Å². The quantitative estimate of drug-likeness (QED) is 0.308. The zero-order valence-corrected chi connectivity index (χ0v) is 16.2. The van der Waals surface area contributed by atoms with Crippen LogP contribution in [0.5, 0.6) is 0 Å². The highest BCUT2D eigenvalue weighted by atomic mass is 16.1. The third-order valence-corrected chi connectivity index (χ3v) is 4.20. The summed E-state index contributed by atoms with van der Waals surface area (Å²) < 4.78 is 0. The van der Waals surface area contributed by atoms with E-state index in [-0.39, 0.29) is 5.78 Å². The minimum atomic E-state index is 0.168. The molecule has 0 fully saturated rings. The molecule has 4 rings (SSSR count). The fourth-order valence-corrected chi connectivity index (χ4v) is 2.69. The van der Waals surface area contributed by atoms with Crippen LogP contribution in [0.25, 0.3) is 0 Å². The van der Waals surface area contributed by atoms with E-state index in [2.05, 4.69) is 11.8 Å². The van der Waals surface area contributed by atoms with Gasteiger partial charge in [0.05, 0.1) is 0 Å². The van der Waals surface area contributed by atoms with Gasteiger partial charge in [0.1, 0.15) is 0 Å². The summed E-state index contributed by atoms with van der Waals surface area (Å²) in [7, 11) is 0. The highest BCUT2D eigenvalue weighted by molar-refractivity contribution is 5.97. The Hall–Kier alpha value is -3.89. The van der Waals surface area contributed by atoms with Crippen molar-refractivity contribution in [2.75, 3.05) is 0 Å². The summed E-state index contributed by atoms with van der Waals surface area (Å²) in [5.41, 5.74) is 3.94. The van der Waals surface area contributed by atoms with E-state index in [0.29, 0.717) is 6.42 Å². The molecule has 0 saturated heterocycles. The highest BCUT2D eigenvalue weighted by Gasteiger charge is 2.05. The predicted octanol–water partition coefficient (Wildman–Crippen LogP) is 6.20. The lowest BCUT2D eigenvalue weighted by molar-refractivity contribution is 0.0993. The van der Waals surface area contributed by atoms with E-state index >= 15 is 0 Å². The van der Waals surface area contributed by atoms with Gasteiger partial charge in [0.25, 0.3) is 0 Å². The normalized spacial score (nSPS) is 9.38. The molecule has 0 aliphatic carbocycles. The lowest BCUT2D eigenvalue weighted by Gasteiger charge is -2.00. The first-order chi connectivity index (χ1) is 14.3. The number of hydrogen-bond donors (Lipinski definition) is 0. The molecule has 0 saturated carbocycles. The second-order valence-corrected chi connectivity index (χ2v) is 6.43. The number of benzene rings is 4. The van der Waals surface area contributed by atoms with E-state index in [1.54, 1.807) is 0 Å². The lowest BCUT2D eigenvalue weighted by atomic mass is 10.0. The summed E-state index contributed by atoms with van der Waals surface area (Å²) in [5, 5.41) is 0. The van der Waals surface area contributed by atoms with E-state index in [9.17, 15) is 4.79 Å². The van der Waals surface area contributed by atoms with E-state index in [4.69, 9.17) is 0 Å². The predicted molar refractivity (Wildman–Crippen MR) is 120 cm³/mol. The Morgan fingerprint density at radius 1 is 0.517 bits per heavy atom. The van der Waals surface area contributed by atoms with Gasteiger partial charge in [0.15, 0.2) is 5.78 Å². The third kappa shape index (κ3) is 6.97. The maximum Gasteiger partial charge on any atom is 0.167 e. The van der Waals surface area contributed by atoms with Gasteiger partial charge in [-0.05, 0) is 29.8 Å². The first-order valence-electron chi connectivity index (χ1n) is 9.55. The van der Waals surface area contributed by atoms with Crippen LogP contribution in [0.15, 0.2) is 121 Å². The molecule has 0 N–H and O–H groups in total. The smallest absolute Gasteiger partial charge is 0.167 e. The van der Waals surface area contributed by atoms with E-state index in [1.807, 2.05) is 121 Å². The molecule has 4 aromatic carbocycles. The highest BCUT2D eigenvalue weighted by Crippen LogP contribution is 2.06. The van der Waals surface area contributed by atoms with Gasteiger partial charge in [-0.25, -0.2) is 0 Å². The lowest BCUT2D eigenvalue weighted by Crippen LogP contribution is -2.02. The van der Waals surface area contributed by atoms with Gasteiger partial charge in [0, 0.05) is 23.1 Å². The van der Waals surface area contributed by atoms with Crippen LogP contribution >= 0.6 is 0 Å². The van der Waals surface area contributed by atoms with Crippen molar-refractivity contribution in [3.63, 3.8) is 0 Å². The first-order valence-corrected chi connectivity index (χ1v) is 9.55. The average molecular weight is 374 g/mol. The largest absolute Gasteiger partial charge is 0.294 e. The Kier molecular flexibility index (Phi) is 7.58. The van der Waals surface area contributed by atoms with Gasteiger partial charge >= 0.3 is 0 Å². The van der Waals surface area contributed by atoms with E-state index in [1.165, 1.54) is 0 Å². The van der Waals surface area contributed by atoms with Crippen LogP contribution in [0.2, 0.25) is 0 Å². The number of Topliss-reactive ketones (excluding diaryl/α,β-unsaturated/α-hetero) is 1. The number of hydrogen-bond acceptors (Lipinski definition) is 1. The van der Waals surface area contributed by atoms with Crippen LogP contribution in [0.3, 0.4) is 0 Å². The molecule has 0 bridgehead atoms. The summed E-state index contributed by atoms with van der Waals surface area (Å²) in [6.07, 6.45) is 0.477. The molecule has 29 heavy (non-hydrogen) atoms. The number of carbonyl (C=O) groups is 1. The van der Waals surface area contributed by atoms with Crippen LogP contribution in [0, 0.1) is 11.8 Å². The van der Waals surface area contributed by atoms with Crippen molar-refractivity contribution in [2.45, 2.75) is 6.42 Å². The fraction of sp³-hybridized carbons (Fsp3) is 0.0357. The van der Waals surface area contributed by atoms with Crippen LogP contribution in [-0.2, 0) is 6.42 Å². The molecule has 0 atom stereocenters. The molecular formula is C28H22O. The third-order valence-electron chi connectivity index (χ3n) is 4.20. The second-order valence-electron chi connectivity index (χ2n) is 6.43. The summed E-state index contributed by atoms with van der Waals surface area (Å²) in [6, 6.07) is 39.2. The fourth-order valence-electron chi connectivity index (χ4n) is 2.69. The molecule has 1 heteroatoms. The minimum absolute atomic E-state index is 0.168. The van der Waals surface area contributed by atoms with Crippen molar-refractivity contribution in [2.24, 2.45) is 0 Å². The van der Waals surface area contributed by atoms with Crippen molar-refractivity contribution >= 4 is 5.78 Å². The topological polar surface area (TPSA) is 17.1 Å². The van der Waals surface area contributed by atoms with Crippen LogP contribution in [0.1, 0.15) is 27.0 Å². The average Bonchev–Trinajstić information content (AvgIpc) is 2.81. The van der Waals surface area contributed by atoms with Gasteiger partial charge in [-0.3, -0.25) is 4.79 Å². The monoisotopic (exact) mass is 374 g/mol. The molecule has 1 nitrogen and oxygen atoms in total. The Balaban J connectivity index is 0.000000166. The Labute approximate surface area is 172 Å². The molecule has 0 aromatic heterocycles. The molecule has 0 aliphatic heterocycles. The first kappa shape index (κ1) is 19.9. The maximum atomic E-state index is 11.8. The van der Waals surface area contributed by atoms with Crippen molar-refractivity contribution < 1.29 is 4.79 Å². The van der Waals surface area contributed by atoms with Crippen LogP contribution in [0.4, 0.5) is 0 Å². The SMILES string of the molecule is C(#Cc1ccccc1)c1ccccc1.O=C(Cc1ccccc1)c1ccccc1. The molecule has 140 valence electrons. The van der Waals surface area contributed by atoms with Crippen molar-refractivity contribution in [1.29, 1.82) is 0 Å². The zero-order chi connectivity index (χ0) is 20.2. The summed E-state index contributed by atoms with van der Waals surface area (Å²) >= 11 is 0. The zero-order valence-electron chi connectivity index (χ0n) is 16.2. The number of rotatable bonds is 3. The standard InChI is InChI=1S/C14H12O.C14H10/c15-14(13-9-5-2-6-10-13)11-12-7-3-1-4-8-12;1-3-7-13(8-4-1)11-12-14-9-5-2-6-10-14/h1-10H,11H2;1-10H. The maximum absolute atomic E-state index is 11.8. The van der Waals surface area contributed by atoms with E-state index in [0.717, 1.165) is 22.3 Å². The van der Waals surface area contributed by atoms with Gasteiger partial charge < -0.3 is 0 Å². The Morgan fingerprint density at radius 3 is 1.34 bits per heavy atom. The molecule has 0 radical (unpaired) electrons. The minimum Gasteiger partial charge on any atom is -0.294 e. The molecule has 0 aliphatic rings. The van der Waals surface area contributed by atoms with Crippen molar-refractivity contribution in [3.8, 4) is 11.8 Å². The summed E-state index contributed by atoms with van der Waals surface area (Å²) in [6.45, 7) is 0. The van der Waals surface area contributed by atoms with Gasteiger partial charge in [-0.2, -0.15) is 0 Å². The van der Waals surface area contributed by atoms with Gasteiger partial charge in [-0.1, -0.05) is 109 Å².